The van der Waals surface area contributed by atoms with Crippen LogP contribution in [0, 0.1) is 6.57 Å². The van der Waals surface area contributed by atoms with E-state index in [-0.39, 0.29) is 10.8 Å². The fourth-order valence-corrected chi connectivity index (χ4v) is 7.47. The lowest BCUT2D eigenvalue weighted by Gasteiger charge is -2.22. The van der Waals surface area contributed by atoms with Gasteiger partial charge in [0.15, 0.2) is 11.6 Å². The topological polar surface area (TPSA) is 60.9 Å². The van der Waals surface area contributed by atoms with Crippen molar-refractivity contribution in [3.63, 3.8) is 0 Å². The number of fused-ring (bicyclic) bond motifs is 4. The summed E-state index contributed by atoms with van der Waals surface area (Å²) < 4.78 is 2.09. The number of hydrogen-bond donors (Lipinski definition) is 0. The average molecular weight is 597 g/mol. The molecule has 6 nitrogen and oxygen atoms in total. The van der Waals surface area contributed by atoms with Crippen molar-refractivity contribution in [1.82, 2.24) is 24.5 Å². The summed E-state index contributed by atoms with van der Waals surface area (Å²) in [7, 11) is 0. The van der Waals surface area contributed by atoms with Gasteiger partial charge in [-0.3, -0.25) is 9.55 Å². The van der Waals surface area contributed by atoms with Gasteiger partial charge in [-0.25, -0.2) is 9.83 Å². The van der Waals surface area contributed by atoms with Crippen molar-refractivity contribution in [2.75, 3.05) is 0 Å². The van der Waals surface area contributed by atoms with E-state index in [9.17, 15) is 0 Å². The van der Waals surface area contributed by atoms with Crippen LogP contribution in [-0.2, 0) is 10.8 Å². The highest BCUT2D eigenvalue weighted by Crippen LogP contribution is 2.50. The van der Waals surface area contributed by atoms with Crippen LogP contribution in [-0.4, -0.2) is 24.5 Å². The fraction of sp³-hybridized carbons (Fsp3) is 0.175. The molecule has 3 aromatic heterocycles. The lowest BCUT2D eigenvalue weighted by molar-refractivity contribution is 0.403. The monoisotopic (exact) mass is 596 g/mol. The highest BCUT2D eigenvalue weighted by molar-refractivity contribution is 6.09. The molecule has 0 bridgehead atoms. The molecule has 0 amide bonds. The maximum atomic E-state index is 8.13. The zero-order valence-corrected chi connectivity index (χ0v) is 26.3. The second-order valence-corrected chi connectivity index (χ2v) is 13.4. The van der Waals surface area contributed by atoms with E-state index < -0.39 is 0 Å². The Morgan fingerprint density at radius 3 is 1.91 bits per heavy atom. The molecule has 0 N–H and O–H groups in total. The third-order valence-electron chi connectivity index (χ3n) is 9.32. The van der Waals surface area contributed by atoms with Crippen LogP contribution in [0.4, 0.5) is 5.69 Å². The first-order chi connectivity index (χ1) is 22.2. The number of para-hydroxylation sites is 2. The zero-order chi connectivity index (χ0) is 31.6. The summed E-state index contributed by atoms with van der Waals surface area (Å²) in [5, 5.41) is 2.26. The number of benzene rings is 4. The van der Waals surface area contributed by atoms with Gasteiger partial charge in [0, 0.05) is 28.1 Å². The average Bonchev–Trinajstić information content (AvgIpc) is 3.51. The predicted octanol–water partition coefficient (Wildman–Crippen LogP) is 9.87. The van der Waals surface area contributed by atoms with Gasteiger partial charge in [0.1, 0.15) is 0 Å². The van der Waals surface area contributed by atoms with E-state index in [1.165, 1.54) is 11.1 Å². The van der Waals surface area contributed by atoms with Gasteiger partial charge in [0.2, 0.25) is 11.6 Å². The molecule has 222 valence electrons. The van der Waals surface area contributed by atoms with Gasteiger partial charge in [-0.1, -0.05) is 113 Å². The van der Waals surface area contributed by atoms with Crippen LogP contribution in [0.1, 0.15) is 45.2 Å². The Kier molecular flexibility index (Phi) is 6.16. The van der Waals surface area contributed by atoms with Gasteiger partial charge in [-0.15, -0.1) is 0 Å². The molecular formula is C40H32N6. The lowest BCUT2D eigenvalue weighted by atomic mass is 9.82. The Hall–Kier alpha value is -5.67. The molecule has 1 aliphatic carbocycles. The summed E-state index contributed by atoms with van der Waals surface area (Å²) in [5.74, 6) is 1.53. The van der Waals surface area contributed by atoms with Crippen molar-refractivity contribution in [2.45, 2.75) is 44.9 Å². The SMILES string of the molecule is [C-]#[N+]c1cc(-c2nc(-c3ccccc3)nc(-n3c4ccccc4c4ccccc43)n2)cnc1-c1ccc2c(c1)C(C)(C)CC2(C)C. The molecule has 0 radical (unpaired) electrons. The molecule has 4 aromatic carbocycles. The second-order valence-electron chi connectivity index (χ2n) is 13.4. The van der Waals surface area contributed by atoms with Crippen LogP contribution in [0.3, 0.4) is 0 Å². The molecule has 6 heteroatoms. The largest absolute Gasteiger partial charge is 0.278 e. The Morgan fingerprint density at radius 2 is 1.24 bits per heavy atom. The van der Waals surface area contributed by atoms with Crippen LogP contribution in [0.5, 0.6) is 0 Å². The summed E-state index contributed by atoms with van der Waals surface area (Å²) in [4.78, 5) is 23.8. The second kappa shape index (κ2) is 10.2. The van der Waals surface area contributed by atoms with Crippen molar-refractivity contribution in [3.8, 4) is 40.0 Å². The highest BCUT2D eigenvalue weighted by Gasteiger charge is 2.41. The van der Waals surface area contributed by atoms with Gasteiger partial charge in [0.25, 0.3) is 0 Å². The molecule has 0 saturated heterocycles. The van der Waals surface area contributed by atoms with Gasteiger partial charge in [-0.2, -0.15) is 9.97 Å². The molecule has 0 saturated carbocycles. The van der Waals surface area contributed by atoms with Crippen LogP contribution in [0.25, 0.3) is 66.6 Å². The van der Waals surface area contributed by atoms with E-state index in [1.54, 1.807) is 6.20 Å². The number of nitrogens with zero attached hydrogens (tertiary/aromatic N) is 6. The van der Waals surface area contributed by atoms with Crippen molar-refractivity contribution in [2.24, 2.45) is 0 Å². The van der Waals surface area contributed by atoms with Crippen molar-refractivity contribution in [1.29, 1.82) is 0 Å². The zero-order valence-electron chi connectivity index (χ0n) is 26.3. The Bertz CT molecular complexity index is 2310. The Balaban J connectivity index is 1.31. The third-order valence-corrected chi connectivity index (χ3v) is 9.32. The van der Waals surface area contributed by atoms with Gasteiger partial charge in [0.05, 0.1) is 23.3 Å². The van der Waals surface area contributed by atoms with E-state index in [0.29, 0.717) is 34.5 Å². The molecule has 0 atom stereocenters. The number of rotatable bonds is 4. The number of hydrogen-bond acceptors (Lipinski definition) is 4. The smallest absolute Gasteiger partial charge is 0.238 e. The molecule has 0 fully saturated rings. The normalized spacial score (nSPS) is 14.8. The minimum absolute atomic E-state index is 0.0506. The molecule has 0 unspecified atom stereocenters. The molecule has 3 heterocycles. The standard InChI is InChI=1S/C40H32N6/c1-39(2)24-40(3,4)31-21-26(19-20-30(31)39)35-32(41-5)22-27(23-42-35)37-43-36(25-13-7-6-8-14-25)44-38(45-37)46-33-17-11-9-15-28(33)29-16-10-12-18-34(29)46/h6-23H,24H2,1-4H3. The fourth-order valence-electron chi connectivity index (χ4n) is 7.47. The minimum Gasteiger partial charge on any atom is -0.278 e. The van der Waals surface area contributed by atoms with Crippen molar-refractivity contribution in [3.05, 3.63) is 132 Å². The maximum Gasteiger partial charge on any atom is 0.238 e. The molecule has 0 aliphatic heterocycles. The van der Waals surface area contributed by atoms with Crippen LogP contribution in [0.2, 0.25) is 0 Å². The molecule has 7 aromatic rings. The van der Waals surface area contributed by atoms with E-state index >= 15 is 0 Å². The summed E-state index contributed by atoms with van der Waals surface area (Å²) in [5.41, 5.74) is 8.52. The quantitative estimate of drug-likeness (QED) is 0.190. The van der Waals surface area contributed by atoms with E-state index in [1.807, 2.05) is 48.5 Å². The van der Waals surface area contributed by atoms with Gasteiger partial charge in [-0.05, 0) is 52.1 Å². The van der Waals surface area contributed by atoms with Gasteiger partial charge >= 0.3 is 0 Å². The summed E-state index contributed by atoms with van der Waals surface area (Å²) in [6.07, 6.45) is 2.87. The molecule has 1 aliphatic rings. The third kappa shape index (κ3) is 4.39. The summed E-state index contributed by atoms with van der Waals surface area (Å²) in [6, 6.07) is 34.9. The first-order valence-electron chi connectivity index (χ1n) is 15.6. The lowest BCUT2D eigenvalue weighted by Crippen LogP contribution is -2.17. The van der Waals surface area contributed by atoms with Gasteiger partial charge < -0.3 is 0 Å². The van der Waals surface area contributed by atoms with Crippen LogP contribution >= 0.6 is 0 Å². The van der Waals surface area contributed by atoms with Crippen LogP contribution < -0.4 is 0 Å². The number of aromatic nitrogens is 5. The Labute approximate surface area is 268 Å². The van der Waals surface area contributed by atoms with Crippen LogP contribution in [0.15, 0.2) is 109 Å². The summed E-state index contributed by atoms with van der Waals surface area (Å²) in [6.45, 7) is 17.4. The van der Waals surface area contributed by atoms with Crippen molar-refractivity contribution >= 4 is 27.5 Å². The maximum absolute atomic E-state index is 8.13. The minimum atomic E-state index is 0.0506. The van der Waals surface area contributed by atoms with Crippen molar-refractivity contribution < 1.29 is 0 Å². The first kappa shape index (κ1) is 27.8. The number of pyridine rings is 1. The van der Waals surface area contributed by atoms with E-state index in [0.717, 1.165) is 39.4 Å². The molecular weight excluding hydrogens is 564 g/mol. The highest BCUT2D eigenvalue weighted by atomic mass is 15.2. The molecule has 8 rings (SSSR count). The molecule has 0 spiro atoms. The first-order valence-corrected chi connectivity index (χ1v) is 15.6. The summed E-state index contributed by atoms with van der Waals surface area (Å²) >= 11 is 0. The van der Waals surface area contributed by atoms with E-state index in [2.05, 4.69) is 91.7 Å². The Morgan fingerprint density at radius 1 is 0.630 bits per heavy atom. The van der Waals surface area contributed by atoms with E-state index in [4.69, 9.17) is 26.5 Å². The molecule has 46 heavy (non-hydrogen) atoms. The predicted molar refractivity (Wildman–Crippen MR) is 185 cm³/mol.